The minimum Gasteiger partial charge on any atom is -1.00 e. The minimum atomic E-state index is -4.41. The van der Waals surface area contributed by atoms with Gasteiger partial charge in [0.1, 0.15) is 10.6 Å². The van der Waals surface area contributed by atoms with Crippen molar-refractivity contribution in [2.45, 2.75) is 4.90 Å². The molecule has 0 bridgehead atoms. The van der Waals surface area contributed by atoms with E-state index in [0.717, 1.165) is 22.2 Å². The van der Waals surface area contributed by atoms with Gasteiger partial charge in [-0.25, -0.2) is 0 Å². The molecule has 0 aliphatic carbocycles. The molecule has 0 atom stereocenters. The first kappa shape index (κ1) is 22.7. The van der Waals surface area contributed by atoms with Crippen LogP contribution in [0, 0.1) is 0 Å². The second-order valence-electron chi connectivity index (χ2n) is 5.05. The fourth-order valence-corrected chi connectivity index (χ4v) is 3.70. The van der Waals surface area contributed by atoms with E-state index in [9.17, 15) is 18.1 Å². The molecule has 4 aromatic carbocycles. The topological polar surface area (TPSA) is 74.6 Å². The predicted molar refractivity (Wildman–Crippen MR) is 85.0 cm³/mol. The van der Waals surface area contributed by atoms with Gasteiger partial charge in [-0.15, -0.1) is 0 Å². The van der Waals surface area contributed by atoms with Gasteiger partial charge in [-0.3, -0.25) is 4.55 Å². The summed E-state index contributed by atoms with van der Waals surface area (Å²) in [5.74, 6) is -0.159. The third-order valence-corrected chi connectivity index (χ3v) is 4.76. The molecule has 0 heterocycles. The Morgan fingerprint density at radius 3 is 1.88 bits per heavy atom. The first-order chi connectivity index (χ1) is 9.97. The minimum absolute atomic E-state index is 0. The molecule has 4 nitrogen and oxygen atoms in total. The van der Waals surface area contributed by atoms with Crippen molar-refractivity contribution in [2.24, 2.45) is 0 Å². The number of phenols is 1. The monoisotopic (exact) mass is 370 g/mol. The van der Waals surface area contributed by atoms with E-state index >= 15 is 0 Å². The van der Waals surface area contributed by atoms with Gasteiger partial charge in [-0.2, -0.15) is 8.42 Å². The van der Waals surface area contributed by atoms with Crippen molar-refractivity contribution < 1.29 is 111 Å². The molecule has 8 heteroatoms. The van der Waals surface area contributed by atoms with E-state index in [0.29, 0.717) is 16.2 Å². The van der Waals surface area contributed by atoms with Crippen molar-refractivity contribution in [3.63, 3.8) is 0 Å². The van der Waals surface area contributed by atoms with Crippen LogP contribution in [0.15, 0.2) is 53.4 Å². The summed E-state index contributed by atoms with van der Waals surface area (Å²) in [7, 11) is -4.41. The Morgan fingerprint density at radius 2 is 1.33 bits per heavy atom. The first-order valence-corrected chi connectivity index (χ1v) is 7.78. The molecule has 0 radical (unpaired) electrons. The summed E-state index contributed by atoms with van der Waals surface area (Å²) in [4.78, 5) is -0.272. The van der Waals surface area contributed by atoms with Gasteiger partial charge in [0.25, 0.3) is 10.1 Å². The van der Waals surface area contributed by atoms with E-state index in [-0.39, 0.29) is 104 Å². The maximum absolute atomic E-state index is 11.6. The molecule has 4 aromatic rings. The van der Waals surface area contributed by atoms with Crippen LogP contribution >= 0.6 is 0 Å². The van der Waals surface area contributed by atoms with E-state index in [1.165, 1.54) is 0 Å². The first-order valence-electron chi connectivity index (χ1n) is 6.34. The van der Waals surface area contributed by atoms with Crippen LogP contribution in [-0.4, -0.2) is 18.1 Å². The Morgan fingerprint density at radius 1 is 0.792 bits per heavy atom. The smallest absolute Gasteiger partial charge is 1.00 e. The summed E-state index contributed by atoms with van der Waals surface area (Å²) in [6.07, 6.45) is 0. The Kier molecular flexibility index (Phi) is 7.66. The molecule has 0 amide bonds. The van der Waals surface area contributed by atoms with Crippen LogP contribution in [-0.2, 0) is 10.1 Å². The van der Waals surface area contributed by atoms with Gasteiger partial charge in [0.05, 0.1) is 0 Å². The summed E-state index contributed by atoms with van der Waals surface area (Å²) >= 11 is 0. The zero-order valence-corrected chi connectivity index (χ0v) is 20.6. The van der Waals surface area contributed by atoms with E-state index in [4.69, 9.17) is 0 Å². The fourth-order valence-electron chi connectivity index (χ4n) is 2.99. The third kappa shape index (κ3) is 3.55. The van der Waals surface area contributed by atoms with Gasteiger partial charge in [0.15, 0.2) is 0 Å². The van der Waals surface area contributed by atoms with E-state index in [1.807, 2.05) is 30.3 Å². The van der Waals surface area contributed by atoms with Crippen molar-refractivity contribution in [2.75, 3.05) is 0 Å². The molecule has 4 rings (SSSR count). The molecule has 110 valence electrons. The van der Waals surface area contributed by atoms with Crippen molar-refractivity contribution in [3.8, 4) is 5.75 Å². The van der Waals surface area contributed by atoms with Crippen LogP contribution in [0.25, 0.3) is 32.3 Å². The second-order valence-corrected chi connectivity index (χ2v) is 6.44. The van der Waals surface area contributed by atoms with Gasteiger partial charge in [0.2, 0.25) is 0 Å². The number of hydrogen-bond acceptors (Lipinski definition) is 3. The molecule has 2 N–H and O–H groups in total. The maximum atomic E-state index is 11.6. The largest absolute Gasteiger partial charge is 1.00 e. The Balaban J connectivity index is -0.000000960. The summed E-state index contributed by atoms with van der Waals surface area (Å²) in [5.41, 5.74) is 0. The summed E-state index contributed by atoms with van der Waals surface area (Å²) in [6, 6.07) is 14.0. The standard InChI is InChI=1S/C16H10O4S.3Na.3H/c17-13-8-14(21(18,19)20)12-7-5-10-3-1-2-9-4-6-11(13)16(12)15(9)10;;;;;;/h1-8,17H,(H,18,19,20);;;;;;/q;3*+1;3*-1. The normalized spacial score (nSPS) is 11.0. The van der Waals surface area contributed by atoms with Gasteiger partial charge in [0, 0.05) is 22.2 Å². The van der Waals surface area contributed by atoms with E-state index in [1.54, 1.807) is 12.1 Å². The molecule has 24 heavy (non-hydrogen) atoms. The van der Waals surface area contributed by atoms with Gasteiger partial charge in [-0.1, -0.05) is 42.5 Å². The number of aromatic hydroxyl groups is 1. The van der Waals surface area contributed by atoms with Crippen LogP contribution in [0.5, 0.6) is 5.75 Å². The van der Waals surface area contributed by atoms with Crippen LogP contribution in [0.2, 0.25) is 0 Å². The number of phenolic OH excluding ortho intramolecular Hbond substituents is 1. The maximum Gasteiger partial charge on any atom is 1.00 e. The van der Waals surface area contributed by atoms with Crippen molar-refractivity contribution >= 4 is 42.4 Å². The third-order valence-electron chi connectivity index (χ3n) is 3.86. The number of rotatable bonds is 1. The summed E-state index contributed by atoms with van der Waals surface area (Å²) in [5, 5.41) is 14.5. The van der Waals surface area contributed by atoms with Gasteiger partial charge in [-0.05, 0) is 16.2 Å². The van der Waals surface area contributed by atoms with Crippen molar-refractivity contribution in [3.05, 3.63) is 48.5 Å². The van der Waals surface area contributed by atoms with Gasteiger partial charge >= 0.3 is 88.7 Å². The number of hydrogen-bond donors (Lipinski definition) is 2. The molecule has 0 unspecified atom stereocenters. The van der Waals surface area contributed by atoms with Crippen LogP contribution in [0.4, 0.5) is 0 Å². The molecule has 0 aliphatic heterocycles. The van der Waals surface area contributed by atoms with Gasteiger partial charge < -0.3 is 9.39 Å². The fraction of sp³-hybridized carbons (Fsp3) is 0. The molecule has 0 saturated carbocycles. The summed E-state index contributed by atoms with van der Waals surface area (Å²) in [6.45, 7) is 0. The molecular formula is C16H13Na3O4S. The molecule has 0 saturated heterocycles. The quantitative estimate of drug-likeness (QED) is 0.200. The number of benzene rings is 4. The average molecular weight is 370 g/mol. The Labute approximate surface area is 210 Å². The zero-order chi connectivity index (χ0) is 14.8. The second kappa shape index (κ2) is 8.11. The Bertz CT molecular complexity index is 1120. The van der Waals surface area contributed by atoms with Crippen LogP contribution in [0.1, 0.15) is 4.28 Å². The molecule has 0 aliphatic rings. The van der Waals surface area contributed by atoms with E-state index < -0.39 is 10.1 Å². The van der Waals surface area contributed by atoms with Crippen LogP contribution in [0.3, 0.4) is 0 Å². The van der Waals surface area contributed by atoms with Crippen molar-refractivity contribution in [1.29, 1.82) is 0 Å². The van der Waals surface area contributed by atoms with Crippen LogP contribution < -0.4 is 88.7 Å². The average Bonchev–Trinajstić information content (AvgIpc) is 2.45. The molecule has 0 spiro atoms. The molecule has 0 fully saturated rings. The molecular weight excluding hydrogens is 357 g/mol. The van der Waals surface area contributed by atoms with Crippen molar-refractivity contribution in [1.82, 2.24) is 0 Å². The SMILES string of the molecule is O=S(=O)(O)c1cc(O)c2ccc3cccc4ccc1c2c34.[H-].[H-].[H-].[Na+].[Na+].[Na+]. The zero-order valence-electron chi connectivity index (χ0n) is 16.7. The van der Waals surface area contributed by atoms with E-state index in [2.05, 4.69) is 0 Å². The molecule has 0 aromatic heterocycles. The Hall–Kier alpha value is 0.630. The summed E-state index contributed by atoms with van der Waals surface area (Å²) < 4.78 is 32.6. The predicted octanol–water partition coefficient (Wildman–Crippen LogP) is -5.11.